The average molecular weight is 833 g/mol. The molecule has 3 aromatic carbocycles. The van der Waals surface area contributed by atoms with Gasteiger partial charge in [-0.05, 0) is 40.8 Å². The number of carbonyl (C=O) groups excluding carboxylic acids is 6. The van der Waals surface area contributed by atoms with E-state index in [1.807, 2.05) is 66.7 Å². The van der Waals surface area contributed by atoms with Crippen molar-refractivity contribution in [3.05, 3.63) is 108 Å². The molecule has 0 amide bonds. The SMILES string of the molecule is C.CC.CC.CC.CC(C)c1ccccc1.CC(C)c1ccccc1.CC(C)c1ccccc1.CCB(C)O.CCB(O)O.CCC.CCC.O=C=O.O=C=O.O=C=O. The van der Waals surface area contributed by atoms with E-state index in [2.05, 4.69) is 142 Å². The van der Waals surface area contributed by atoms with Crippen LogP contribution in [-0.4, -0.2) is 47.6 Å². The van der Waals surface area contributed by atoms with Crippen LogP contribution in [0.4, 0.5) is 0 Å². The Bertz CT molecular complexity index is 1000. The monoisotopic (exact) mass is 833 g/mol. The van der Waals surface area contributed by atoms with Gasteiger partial charge in [-0.1, -0.05) is 249 Å². The van der Waals surface area contributed by atoms with Crippen LogP contribution >= 0.6 is 0 Å². The Morgan fingerprint density at radius 1 is 0.424 bits per heavy atom. The zero-order chi connectivity index (χ0) is 48.2. The highest BCUT2D eigenvalue weighted by Crippen LogP contribution is 2.13. The van der Waals surface area contributed by atoms with Gasteiger partial charge in [-0.2, -0.15) is 28.8 Å². The molecule has 3 aromatic rings. The summed E-state index contributed by atoms with van der Waals surface area (Å²) in [4.78, 5) is 48.8. The van der Waals surface area contributed by atoms with E-state index in [1.54, 1.807) is 13.7 Å². The minimum atomic E-state index is -1.12. The van der Waals surface area contributed by atoms with Gasteiger partial charge in [0.15, 0.2) is 0 Å². The molecule has 0 radical (unpaired) electrons. The Balaban J connectivity index is -0.0000000490. The molecule has 0 spiro atoms. The smallest absolute Gasteiger partial charge is 0.451 e. The lowest BCUT2D eigenvalue weighted by molar-refractivity contribution is -0.193. The van der Waals surface area contributed by atoms with Gasteiger partial charge in [0.2, 0.25) is 0 Å². The van der Waals surface area contributed by atoms with Crippen molar-refractivity contribution in [3.63, 3.8) is 0 Å². The molecular weight excluding hydrogens is 742 g/mol. The summed E-state index contributed by atoms with van der Waals surface area (Å²) in [7, 11) is -1.12. The quantitative estimate of drug-likeness (QED) is 0.212. The Labute approximate surface area is 365 Å². The van der Waals surface area contributed by atoms with E-state index < -0.39 is 7.12 Å². The molecule has 0 fully saturated rings. The van der Waals surface area contributed by atoms with Gasteiger partial charge >= 0.3 is 25.6 Å². The normalized spacial score (nSPS) is 7.27. The van der Waals surface area contributed by atoms with E-state index in [0.29, 0.717) is 24.1 Å². The second-order valence-corrected chi connectivity index (χ2v) is 11.5. The van der Waals surface area contributed by atoms with Crippen LogP contribution < -0.4 is 0 Å². The third-order valence-corrected chi connectivity index (χ3v) is 5.35. The van der Waals surface area contributed by atoms with Gasteiger partial charge in [0.25, 0.3) is 6.92 Å². The molecule has 0 atom stereocenters. The third kappa shape index (κ3) is 113. The predicted molar refractivity (Wildman–Crippen MR) is 254 cm³/mol. The first-order chi connectivity index (χ1) is 27.5. The fourth-order valence-electron chi connectivity index (χ4n) is 2.51. The number of hydrogen-bond acceptors (Lipinski definition) is 9. The second kappa shape index (κ2) is 85.8. The highest BCUT2D eigenvalue weighted by molar-refractivity contribution is 6.48. The van der Waals surface area contributed by atoms with E-state index in [0.717, 1.165) is 6.32 Å². The molecule has 0 aliphatic rings. The van der Waals surface area contributed by atoms with Gasteiger partial charge in [0.05, 0.1) is 0 Å². The van der Waals surface area contributed by atoms with E-state index in [-0.39, 0.29) is 32.8 Å². The third-order valence-electron chi connectivity index (χ3n) is 5.35. The van der Waals surface area contributed by atoms with Crippen molar-refractivity contribution in [2.45, 2.75) is 182 Å². The molecule has 342 valence electrons. The molecule has 0 aliphatic heterocycles. The fourth-order valence-corrected chi connectivity index (χ4v) is 2.51. The lowest BCUT2D eigenvalue weighted by Crippen LogP contribution is -2.06. The molecule has 11 heteroatoms. The summed E-state index contributed by atoms with van der Waals surface area (Å²) in [5.74, 6) is 1.98. The second-order valence-electron chi connectivity index (χ2n) is 11.5. The predicted octanol–water partition coefficient (Wildman–Crippen LogP) is 13.3. The Morgan fingerprint density at radius 3 is 0.593 bits per heavy atom. The van der Waals surface area contributed by atoms with Crippen molar-refractivity contribution in [2.24, 2.45) is 0 Å². The molecule has 0 unspecified atom stereocenters. The lowest BCUT2D eigenvalue weighted by atomic mass is 9.69. The molecule has 0 aliphatic carbocycles. The van der Waals surface area contributed by atoms with Gasteiger partial charge in [-0.3, -0.25) is 0 Å². The molecule has 0 bridgehead atoms. The molecule has 9 nitrogen and oxygen atoms in total. The van der Waals surface area contributed by atoms with Crippen molar-refractivity contribution in [2.75, 3.05) is 0 Å². The van der Waals surface area contributed by atoms with Crippen molar-refractivity contribution < 1.29 is 43.8 Å². The standard InChI is InChI=1S/3C9H12.C3H9BO.2C3H8.C2H7BO2.3C2H6.3CO2.CH4/c3*1-8(2)9-6-4-3-5-7-9;1-3-4(2)5;2*1-3-2;1-2-3(4)5;3*1-2;3*2-1-3;/h3*3-8H,1-2H3;5H,3H2,1-2H3;2*3H2,1-2H3;4-5H,2H2,1H3;3*1-2H3;;;;1H4. The summed E-state index contributed by atoms with van der Waals surface area (Å²) < 4.78 is 0. The van der Waals surface area contributed by atoms with E-state index >= 15 is 0 Å². The molecule has 3 N–H and O–H groups in total. The van der Waals surface area contributed by atoms with E-state index in [1.165, 1.54) is 29.5 Å². The number of hydrogen-bond donors (Lipinski definition) is 3. The van der Waals surface area contributed by atoms with Crippen LogP contribution in [0.2, 0.25) is 19.5 Å². The largest absolute Gasteiger partial charge is 0.451 e. The van der Waals surface area contributed by atoms with Gasteiger partial charge in [0.1, 0.15) is 0 Å². The molecule has 0 saturated heterocycles. The lowest BCUT2D eigenvalue weighted by Gasteiger charge is -2.01. The average Bonchev–Trinajstić information content (AvgIpc) is 3.23. The minimum Gasteiger partial charge on any atom is -0.451 e. The first-order valence-corrected chi connectivity index (χ1v) is 20.7. The maximum Gasteiger partial charge on any atom is 0.451 e. The summed E-state index contributed by atoms with van der Waals surface area (Å²) in [5, 5.41) is 24.2. The maximum absolute atomic E-state index is 8.36. The first kappa shape index (κ1) is 82.7. The van der Waals surface area contributed by atoms with Gasteiger partial charge in [0, 0.05) is 0 Å². The van der Waals surface area contributed by atoms with Gasteiger partial charge < -0.3 is 15.1 Å². The topological polar surface area (TPSA) is 163 Å². The van der Waals surface area contributed by atoms with Crippen LogP contribution in [0.15, 0.2) is 91.0 Å². The van der Waals surface area contributed by atoms with Gasteiger partial charge in [-0.15, -0.1) is 0 Å². The fraction of sp³-hybridized carbons (Fsp3) is 0.562. The van der Waals surface area contributed by atoms with E-state index in [9.17, 15) is 0 Å². The molecular formula is C48H90B2O9. The molecule has 0 heterocycles. The zero-order valence-corrected chi connectivity index (χ0v) is 40.2. The van der Waals surface area contributed by atoms with Crippen LogP contribution in [0.3, 0.4) is 0 Å². The summed E-state index contributed by atoms with van der Waals surface area (Å²) >= 11 is 0. The van der Waals surface area contributed by atoms with Crippen molar-refractivity contribution >= 4 is 32.5 Å². The van der Waals surface area contributed by atoms with Crippen LogP contribution in [0.5, 0.6) is 0 Å². The van der Waals surface area contributed by atoms with Crippen LogP contribution in [0.25, 0.3) is 0 Å². The summed E-state index contributed by atoms with van der Waals surface area (Å²) in [6.07, 6.45) is 4.53. The highest BCUT2D eigenvalue weighted by Gasteiger charge is 1.97. The van der Waals surface area contributed by atoms with Crippen molar-refractivity contribution in [1.29, 1.82) is 0 Å². The Hall–Kier alpha value is -4.19. The highest BCUT2D eigenvalue weighted by atomic mass is 16.4. The van der Waals surface area contributed by atoms with Crippen LogP contribution in [-0.2, 0) is 28.8 Å². The number of rotatable bonds is 5. The van der Waals surface area contributed by atoms with Crippen LogP contribution in [0, 0.1) is 0 Å². The molecule has 0 aromatic heterocycles. The Morgan fingerprint density at radius 2 is 0.542 bits per heavy atom. The van der Waals surface area contributed by atoms with E-state index in [4.69, 9.17) is 43.8 Å². The first-order valence-electron chi connectivity index (χ1n) is 20.7. The van der Waals surface area contributed by atoms with Crippen LogP contribution in [0.1, 0.15) is 179 Å². The summed E-state index contributed by atoms with van der Waals surface area (Å²) in [5.41, 5.74) is 4.24. The summed E-state index contributed by atoms with van der Waals surface area (Å²) in [6.45, 7) is 39.0. The molecule has 3 rings (SSSR count). The summed E-state index contributed by atoms with van der Waals surface area (Å²) in [6, 6.07) is 31.6. The van der Waals surface area contributed by atoms with Gasteiger partial charge in [-0.25, -0.2) is 0 Å². The molecule has 0 saturated carbocycles. The van der Waals surface area contributed by atoms with Crippen molar-refractivity contribution in [3.8, 4) is 0 Å². The minimum absolute atomic E-state index is 0. The number of benzene rings is 3. The zero-order valence-electron chi connectivity index (χ0n) is 40.2. The Kier molecular flexibility index (Phi) is 120. The van der Waals surface area contributed by atoms with Crippen molar-refractivity contribution in [1.82, 2.24) is 0 Å². The molecule has 59 heavy (non-hydrogen) atoms. The maximum atomic E-state index is 8.36.